The lowest BCUT2D eigenvalue weighted by Gasteiger charge is -2.17. The number of rotatable bonds is 9. The molecule has 160 valence electrons. The molecule has 0 aromatic heterocycles. The Morgan fingerprint density at radius 1 is 0.900 bits per heavy atom. The Morgan fingerprint density at radius 2 is 1.50 bits per heavy atom. The third-order valence-corrected chi connectivity index (χ3v) is 4.34. The second kappa shape index (κ2) is 10.6. The summed E-state index contributed by atoms with van der Waals surface area (Å²) < 4.78 is 10.7. The van der Waals surface area contributed by atoms with Crippen LogP contribution in [0.1, 0.15) is 61.3 Å². The van der Waals surface area contributed by atoms with Crippen LogP contribution in [0.15, 0.2) is 48.5 Å². The molecule has 0 aliphatic heterocycles. The monoisotopic (exact) mass is 411 g/mol. The molecule has 0 atom stereocenters. The number of carbonyl (C=O) groups excluding carboxylic acids is 3. The van der Waals surface area contributed by atoms with E-state index < -0.39 is 11.4 Å². The molecule has 30 heavy (non-hydrogen) atoms. The Hall–Kier alpha value is -3.15. The van der Waals surface area contributed by atoms with E-state index in [2.05, 4.69) is 12.2 Å². The lowest BCUT2D eigenvalue weighted by molar-refractivity contribution is -0.123. The van der Waals surface area contributed by atoms with Crippen LogP contribution < -0.4 is 10.1 Å². The van der Waals surface area contributed by atoms with Crippen LogP contribution in [0, 0.1) is 5.41 Å². The molecule has 2 rings (SSSR count). The summed E-state index contributed by atoms with van der Waals surface area (Å²) in [5.74, 6) is -0.318. The molecule has 0 heterocycles. The fraction of sp³-hybridized carbons (Fsp3) is 0.375. The minimum Gasteiger partial charge on any atom is -0.494 e. The van der Waals surface area contributed by atoms with Gasteiger partial charge in [-0.25, -0.2) is 4.79 Å². The Morgan fingerprint density at radius 3 is 2.07 bits per heavy atom. The van der Waals surface area contributed by atoms with Gasteiger partial charge in [-0.1, -0.05) is 34.1 Å². The third-order valence-electron chi connectivity index (χ3n) is 4.34. The first kappa shape index (κ1) is 23.1. The molecule has 0 saturated carbocycles. The van der Waals surface area contributed by atoms with Crippen molar-refractivity contribution in [2.75, 3.05) is 18.5 Å². The normalized spacial score (nSPS) is 10.9. The fourth-order valence-electron chi connectivity index (χ4n) is 2.38. The number of Topliss-reactive ketones (excluding diaryl/α,β-unsaturated/α-hetero) is 1. The molecule has 6 nitrogen and oxygen atoms in total. The van der Waals surface area contributed by atoms with Gasteiger partial charge in [-0.3, -0.25) is 9.59 Å². The zero-order valence-electron chi connectivity index (χ0n) is 18.0. The van der Waals surface area contributed by atoms with Crippen LogP contribution in [0.4, 0.5) is 5.69 Å². The predicted octanol–water partition coefficient (Wildman–Crippen LogP) is 4.89. The number of hydrogen-bond acceptors (Lipinski definition) is 5. The first-order chi connectivity index (χ1) is 14.2. The highest BCUT2D eigenvalue weighted by Gasteiger charge is 2.21. The van der Waals surface area contributed by atoms with Gasteiger partial charge in [-0.05, 0) is 55.0 Å². The molecule has 0 aliphatic carbocycles. The number of benzene rings is 2. The topological polar surface area (TPSA) is 81.7 Å². The van der Waals surface area contributed by atoms with Gasteiger partial charge in [0.15, 0.2) is 12.4 Å². The van der Waals surface area contributed by atoms with Gasteiger partial charge in [0.05, 0.1) is 12.2 Å². The van der Waals surface area contributed by atoms with Gasteiger partial charge in [0.2, 0.25) is 5.91 Å². The number of amides is 1. The van der Waals surface area contributed by atoms with E-state index in [0.29, 0.717) is 29.2 Å². The summed E-state index contributed by atoms with van der Waals surface area (Å²) >= 11 is 0. The van der Waals surface area contributed by atoms with Crippen molar-refractivity contribution in [2.24, 2.45) is 5.41 Å². The van der Waals surface area contributed by atoms with Crippen molar-refractivity contribution in [3.63, 3.8) is 0 Å². The summed E-state index contributed by atoms with van der Waals surface area (Å²) in [6.07, 6.45) is 2.02. The summed E-state index contributed by atoms with van der Waals surface area (Å²) in [4.78, 5) is 36.5. The number of carbonyl (C=O) groups is 3. The van der Waals surface area contributed by atoms with Gasteiger partial charge in [0, 0.05) is 16.7 Å². The van der Waals surface area contributed by atoms with Crippen molar-refractivity contribution >= 4 is 23.3 Å². The zero-order valence-corrected chi connectivity index (χ0v) is 18.0. The molecule has 0 spiro atoms. The van der Waals surface area contributed by atoms with Crippen molar-refractivity contribution in [1.29, 1.82) is 0 Å². The third kappa shape index (κ3) is 7.03. The first-order valence-corrected chi connectivity index (χ1v) is 10.1. The van der Waals surface area contributed by atoms with Crippen molar-refractivity contribution in [1.82, 2.24) is 0 Å². The molecule has 0 fully saturated rings. The molecule has 1 N–H and O–H groups in total. The Kier molecular flexibility index (Phi) is 8.16. The van der Waals surface area contributed by atoms with Crippen LogP contribution in [0.5, 0.6) is 5.75 Å². The maximum Gasteiger partial charge on any atom is 0.338 e. The molecular weight excluding hydrogens is 382 g/mol. The van der Waals surface area contributed by atoms with E-state index in [-0.39, 0.29) is 18.3 Å². The maximum absolute atomic E-state index is 12.3. The number of esters is 1. The molecule has 0 saturated heterocycles. The summed E-state index contributed by atoms with van der Waals surface area (Å²) in [5.41, 5.74) is 0.842. The van der Waals surface area contributed by atoms with Crippen LogP contribution >= 0.6 is 0 Å². The smallest absolute Gasteiger partial charge is 0.338 e. The molecule has 0 bridgehead atoms. The molecule has 0 radical (unpaired) electrons. The van der Waals surface area contributed by atoms with Gasteiger partial charge >= 0.3 is 5.97 Å². The molecule has 1 amide bonds. The van der Waals surface area contributed by atoms with Gasteiger partial charge < -0.3 is 14.8 Å². The standard InChI is InChI=1S/C24H29NO5/c1-5-6-15-29-20-13-9-18(10-14-20)22(27)30-16-21(26)17-7-11-19(12-8-17)25-23(28)24(2,3)4/h7-14H,5-6,15-16H2,1-4H3,(H,25,28). The van der Waals surface area contributed by atoms with E-state index in [1.54, 1.807) is 48.5 Å². The highest BCUT2D eigenvalue weighted by molar-refractivity contribution is 6.00. The Bertz CT molecular complexity index is 864. The molecule has 0 aliphatic rings. The lowest BCUT2D eigenvalue weighted by Crippen LogP contribution is -2.27. The lowest BCUT2D eigenvalue weighted by atomic mass is 9.95. The molecule has 0 unspecified atom stereocenters. The van der Waals surface area contributed by atoms with Crippen LogP contribution in [0.3, 0.4) is 0 Å². The highest BCUT2D eigenvalue weighted by Crippen LogP contribution is 2.18. The van der Waals surface area contributed by atoms with E-state index >= 15 is 0 Å². The summed E-state index contributed by atoms with van der Waals surface area (Å²) in [6.45, 7) is 7.82. The molecular formula is C24H29NO5. The van der Waals surface area contributed by atoms with E-state index in [1.807, 2.05) is 20.8 Å². The summed E-state index contributed by atoms with van der Waals surface area (Å²) in [7, 11) is 0. The van der Waals surface area contributed by atoms with E-state index in [4.69, 9.17) is 9.47 Å². The summed E-state index contributed by atoms with van der Waals surface area (Å²) in [6, 6.07) is 13.1. The number of nitrogens with one attached hydrogen (secondary N) is 1. The van der Waals surface area contributed by atoms with Gasteiger partial charge in [0.25, 0.3) is 0 Å². The summed E-state index contributed by atoms with van der Waals surface area (Å²) in [5, 5.41) is 2.79. The van der Waals surface area contributed by atoms with E-state index in [9.17, 15) is 14.4 Å². The van der Waals surface area contributed by atoms with Crippen molar-refractivity contribution in [2.45, 2.75) is 40.5 Å². The number of ether oxygens (including phenoxy) is 2. The average molecular weight is 411 g/mol. The molecule has 6 heteroatoms. The van der Waals surface area contributed by atoms with Crippen LogP contribution in [-0.2, 0) is 9.53 Å². The SMILES string of the molecule is CCCCOc1ccc(C(=O)OCC(=O)c2ccc(NC(=O)C(C)(C)C)cc2)cc1. The zero-order chi connectivity index (χ0) is 22.1. The highest BCUT2D eigenvalue weighted by atomic mass is 16.5. The average Bonchev–Trinajstić information content (AvgIpc) is 2.72. The van der Waals surface area contributed by atoms with Gasteiger partial charge in [0.1, 0.15) is 5.75 Å². The number of unbranched alkanes of at least 4 members (excludes halogenated alkanes) is 1. The maximum atomic E-state index is 12.3. The van der Waals surface area contributed by atoms with Gasteiger partial charge in [-0.15, -0.1) is 0 Å². The molecule has 2 aromatic rings. The van der Waals surface area contributed by atoms with Crippen LogP contribution in [0.25, 0.3) is 0 Å². The number of anilines is 1. The minimum atomic E-state index is -0.572. The Labute approximate surface area is 177 Å². The van der Waals surface area contributed by atoms with Crippen LogP contribution in [0.2, 0.25) is 0 Å². The largest absolute Gasteiger partial charge is 0.494 e. The van der Waals surface area contributed by atoms with Crippen molar-refractivity contribution < 1.29 is 23.9 Å². The number of hydrogen-bond donors (Lipinski definition) is 1. The van der Waals surface area contributed by atoms with Gasteiger partial charge in [-0.2, -0.15) is 0 Å². The van der Waals surface area contributed by atoms with Crippen LogP contribution in [-0.4, -0.2) is 30.9 Å². The minimum absolute atomic E-state index is 0.114. The predicted molar refractivity (Wildman–Crippen MR) is 116 cm³/mol. The quantitative estimate of drug-likeness (QED) is 0.361. The first-order valence-electron chi connectivity index (χ1n) is 10.1. The van der Waals surface area contributed by atoms with Crippen molar-refractivity contribution in [3.05, 3.63) is 59.7 Å². The van der Waals surface area contributed by atoms with E-state index in [0.717, 1.165) is 12.8 Å². The second-order valence-corrected chi connectivity index (χ2v) is 8.01. The van der Waals surface area contributed by atoms with Crippen molar-refractivity contribution in [3.8, 4) is 5.75 Å². The second-order valence-electron chi connectivity index (χ2n) is 8.01. The fourth-order valence-corrected chi connectivity index (χ4v) is 2.38. The van der Waals surface area contributed by atoms with E-state index in [1.165, 1.54) is 0 Å². The number of ketones is 1. The molecule has 2 aromatic carbocycles. The Balaban J connectivity index is 1.86.